The fraction of sp³-hybridized carbons (Fsp3) is 0.571. The molecule has 3 nitrogen and oxygen atoms in total. The Kier molecular flexibility index (Phi) is 7.13. The largest absolute Gasteiger partial charge is 0.497 e. The van der Waals surface area contributed by atoms with E-state index in [1.807, 2.05) is 24.3 Å². The molecule has 0 aliphatic heterocycles. The third kappa shape index (κ3) is 5.27. The van der Waals surface area contributed by atoms with Crippen LogP contribution in [-0.2, 0) is 0 Å². The minimum atomic E-state index is 0.490. The van der Waals surface area contributed by atoms with Crippen LogP contribution >= 0.6 is 15.9 Å². The molecule has 0 fully saturated rings. The maximum absolute atomic E-state index is 5.64. The van der Waals surface area contributed by atoms with Gasteiger partial charge < -0.3 is 14.8 Å². The summed E-state index contributed by atoms with van der Waals surface area (Å²) in [6, 6.07) is 8.13. The highest BCUT2D eigenvalue weighted by Crippen LogP contribution is 2.16. The van der Waals surface area contributed by atoms with Crippen molar-refractivity contribution in [1.82, 2.24) is 5.32 Å². The molecule has 1 N–H and O–H groups in total. The molecule has 0 amide bonds. The van der Waals surface area contributed by atoms with E-state index in [1.165, 1.54) is 0 Å². The number of halogens is 1. The zero-order valence-electron chi connectivity index (χ0n) is 11.3. The van der Waals surface area contributed by atoms with Gasteiger partial charge in [0, 0.05) is 17.9 Å². The molecule has 4 heteroatoms. The molecule has 1 rings (SSSR count). The zero-order chi connectivity index (χ0) is 13.4. The van der Waals surface area contributed by atoms with E-state index in [9.17, 15) is 0 Å². The zero-order valence-corrected chi connectivity index (χ0v) is 12.9. The third-order valence-corrected chi connectivity index (χ3v) is 4.01. The third-order valence-electron chi connectivity index (χ3n) is 2.99. The number of hydrogen-bond acceptors (Lipinski definition) is 3. The summed E-state index contributed by atoms with van der Waals surface area (Å²) in [5.41, 5.74) is 0. The quantitative estimate of drug-likeness (QED) is 0.590. The lowest BCUT2D eigenvalue weighted by Gasteiger charge is -2.19. The molecule has 0 saturated carbocycles. The van der Waals surface area contributed by atoms with Crippen molar-refractivity contribution in [3.05, 3.63) is 24.3 Å². The number of benzene rings is 1. The molecule has 2 unspecified atom stereocenters. The standard InChI is InChI=1S/C14H22BrNO2/c1-11(10-15)12(2)16-8-9-18-14-6-4-13(17-3)5-7-14/h4-7,11-12,16H,8-10H2,1-3H3. The maximum Gasteiger partial charge on any atom is 0.119 e. The molecule has 102 valence electrons. The first kappa shape index (κ1) is 15.3. The SMILES string of the molecule is COc1ccc(OCCNC(C)C(C)CBr)cc1. The fourth-order valence-electron chi connectivity index (χ4n) is 1.46. The van der Waals surface area contributed by atoms with Crippen LogP contribution in [-0.4, -0.2) is 31.6 Å². The van der Waals surface area contributed by atoms with Gasteiger partial charge in [0.25, 0.3) is 0 Å². The summed E-state index contributed by atoms with van der Waals surface area (Å²) in [7, 11) is 1.66. The molecule has 0 heterocycles. The molecule has 0 aliphatic carbocycles. The van der Waals surface area contributed by atoms with E-state index in [4.69, 9.17) is 9.47 Å². The summed E-state index contributed by atoms with van der Waals surface area (Å²) in [6.45, 7) is 5.94. The Morgan fingerprint density at radius 3 is 2.33 bits per heavy atom. The fourth-order valence-corrected chi connectivity index (χ4v) is 2.02. The van der Waals surface area contributed by atoms with E-state index in [2.05, 4.69) is 35.1 Å². The van der Waals surface area contributed by atoms with Gasteiger partial charge in [0.15, 0.2) is 0 Å². The molecule has 0 bridgehead atoms. The van der Waals surface area contributed by atoms with Crippen molar-refractivity contribution in [3.63, 3.8) is 0 Å². The molecule has 0 radical (unpaired) electrons. The lowest BCUT2D eigenvalue weighted by Crippen LogP contribution is -2.35. The molecule has 0 saturated heterocycles. The first-order chi connectivity index (χ1) is 8.67. The smallest absolute Gasteiger partial charge is 0.119 e. The minimum absolute atomic E-state index is 0.490. The normalized spacial score (nSPS) is 14.0. The second-order valence-corrected chi connectivity index (χ2v) is 5.05. The van der Waals surface area contributed by atoms with Gasteiger partial charge in [-0.1, -0.05) is 22.9 Å². The monoisotopic (exact) mass is 315 g/mol. The molecule has 1 aromatic carbocycles. The van der Waals surface area contributed by atoms with Crippen LogP contribution < -0.4 is 14.8 Å². The Bertz CT molecular complexity index is 329. The van der Waals surface area contributed by atoms with Gasteiger partial charge in [0.2, 0.25) is 0 Å². The Labute approximate surface area is 118 Å². The molecular formula is C14H22BrNO2. The number of methoxy groups -OCH3 is 1. The van der Waals surface area contributed by atoms with Crippen LogP contribution in [0.3, 0.4) is 0 Å². The number of hydrogen-bond donors (Lipinski definition) is 1. The summed E-state index contributed by atoms with van der Waals surface area (Å²) in [4.78, 5) is 0. The first-order valence-corrected chi connectivity index (χ1v) is 7.35. The lowest BCUT2D eigenvalue weighted by atomic mass is 10.1. The summed E-state index contributed by atoms with van der Waals surface area (Å²) in [5.74, 6) is 2.34. The first-order valence-electron chi connectivity index (χ1n) is 6.23. The van der Waals surface area contributed by atoms with E-state index in [-0.39, 0.29) is 0 Å². The predicted molar refractivity (Wildman–Crippen MR) is 78.9 cm³/mol. The molecule has 2 atom stereocenters. The van der Waals surface area contributed by atoms with Crippen LogP contribution in [0.1, 0.15) is 13.8 Å². The number of nitrogens with one attached hydrogen (secondary N) is 1. The van der Waals surface area contributed by atoms with E-state index in [0.29, 0.717) is 18.6 Å². The van der Waals surface area contributed by atoms with Gasteiger partial charge in [0.05, 0.1) is 7.11 Å². The van der Waals surface area contributed by atoms with Crippen LogP contribution in [0, 0.1) is 5.92 Å². The number of ether oxygens (including phenoxy) is 2. The predicted octanol–water partition coefficient (Wildman–Crippen LogP) is 3.08. The van der Waals surface area contributed by atoms with Crippen LogP contribution in [0.15, 0.2) is 24.3 Å². The van der Waals surface area contributed by atoms with Crippen LogP contribution in [0.25, 0.3) is 0 Å². The molecular weight excluding hydrogens is 294 g/mol. The average molecular weight is 316 g/mol. The Balaban J connectivity index is 2.21. The number of rotatable bonds is 8. The van der Waals surface area contributed by atoms with Gasteiger partial charge in [-0.3, -0.25) is 0 Å². The number of alkyl halides is 1. The second kappa shape index (κ2) is 8.38. The summed E-state index contributed by atoms with van der Waals surface area (Å²) in [5, 5.41) is 4.46. The molecule has 1 aromatic rings. The van der Waals surface area contributed by atoms with Crippen molar-refractivity contribution >= 4 is 15.9 Å². The van der Waals surface area contributed by atoms with Crippen LogP contribution in [0.2, 0.25) is 0 Å². The van der Waals surface area contributed by atoms with Crippen molar-refractivity contribution in [2.75, 3.05) is 25.6 Å². The minimum Gasteiger partial charge on any atom is -0.497 e. The molecule has 0 aromatic heterocycles. The van der Waals surface area contributed by atoms with Gasteiger partial charge in [-0.2, -0.15) is 0 Å². The maximum atomic E-state index is 5.64. The van der Waals surface area contributed by atoms with E-state index in [0.717, 1.165) is 23.4 Å². The summed E-state index contributed by atoms with van der Waals surface area (Å²) < 4.78 is 10.7. The second-order valence-electron chi connectivity index (χ2n) is 4.40. The van der Waals surface area contributed by atoms with Gasteiger partial charge in [-0.05, 0) is 37.1 Å². The van der Waals surface area contributed by atoms with Crippen LogP contribution in [0.5, 0.6) is 11.5 Å². The van der Waals surface area contributed by atoms with Crippen molar-refractivity contribution in [1.29, 1.82) is 0 Å². The van der Waals surface area contributed by atoms with E-state index >= 15 is 0 Å². The van der Waals surface area contributed by atoms with Crippen molar-refractivity contribution in [2.24, 2.45) is 5.92 Å². The van der Waals surface area contributed by atoms with Crippen molar-refractivity contribution in [3.8, 4) is 11.5 Å². The molecule has 0 aliphatic rings. The van der Waals surface area contributed by atoms with E-state index < -0.39 is 0 Å². The highest BCUT2D eigenvalue weighted by atomic mass is 79.9. The van der Waals surface area contributed by atoms with Crippen LogP contribution in [0.4, 0.5) is 0 Å². The summed E-state index contributed by atoms with van der Waals surface area (Å²) in [6.07, 6.45) is 0. The van der Waals surface area contributed by atoms with Crippen molar-refractivity contribution < 1.29 is 9.47 Å². The Hall–Kier alpha value is -0.740. The highest BCUT2D eigenvalue weighted by molar-refractivity contribution is 9.09. The Morgan fingerprint density at radius 1 is 1.17 bits per heavy atom. The topological polar surface area (TPSA) is 30.5 Å². The Morgan fingerprint density at radius 2 is 1.78 bits per heavy atom. The summed E-state index contributed by atoms with van der Waals surface area (Å²) >= 11 is 3.49. The van der Waals surface area contributed by atoms with Crippen molar-refractivity contribution in [2.45, 2.75) is 19.9 Å². The van der Waals surface area contributed by atoms with Gasteiger partial charge >= 0.3 is 0 Å². The molecule has 18 heavy (non-hydrogen) atoms. The highest BCUT2D eigenvalue weighted by Gasteiger charge is 2.09. The van der Waals surface area contributed by atoms with Gasteiger partial charge in [0.1, 0.15) is 18.1 Å². The lowest BCUT2D eigenvalue weighted by molar-refractivity contribution is 0.297. The molecule has 0 spiro atoms. The van der Waals surface area contributed by atoms with Gasteiger partial charge in [-0.15, -0.1) is 0 Å². The van der Waals surface area contributed by atoms with Gasteiger partial charge in [-0.25, -0.2) is 0 Å². The van der Waals surface area contributed by atoms with E-state index in [1.54, 1.807) is 7.11 Å². The average Bonchev–Trinajstić information content (AvgIpc) is 2.43.